The van der Waals surface area contributed by atoms with Crippen LogP contribution < -0.4 is 14.8 Å². The summed E-state index contributed by atoms with van der Waals surface area (Å²) in [7, 11) is 1.65. The maximum Gasteiger partial charge on any atom is 0.220 e. The number of thioether (sulfide) groups is 1. The van der Waals surface area contributed by atoms with E-state index in [-0.39, 0.29) is 5.91 Å². The third-order valence-electron chi connectivity index (χ3n) is 3.34. The molecule has 0 saturated carbocycles. The smallest absolute Gasteiger partial charge is 0.220 e. The quantitative estimate of drug-likeness (QED) is 0.556. The highest BCUT2D eigenvalue weighted by atomic mass is 32.2. The van der Waals surface area contributed by atoms with E-state index in [4.69, 9.17) is 9.47 Å². The number of nitrogens with one attached hydrogen (secondary N) is 1. The van der Waals surface area contributed by atoms with E-state index in [1.54, 1.807) is 18.9 Å². The number of carbonyl (C=O) groups excluding carboxylic acids is 1. The molecule has 0 radical (unpaired) electrons. The fraction of sp³-hybridized carbons (Fsp3) is 0.316. The first-order valence-corrected chi connectivity index (χ1v) is 8.89. The standard InChI is InChI=1S/C19H23NO3S/c1-15-4-3-5-17(14-15)23-12-11-20-19(21)10-13-24-18-8-6-16(22-2)7-9-18/h3-9,14H,10-13H2,1-2H3,(H,20,21). The molecule has 128 valence electrons. The Balaban J connectivity index is 1.57. The van der Waals surface area contributed by atoms with Gasteiger partial charge in [0.25, 0.3) is 0 Å². The third-order valence-corrected chi connectivity index (χ3v) is 4.35. The van der Waals surface area contributed by atoms with Crippen LogP contribution in [0, 0.1) is 6.92 Å². The molecule has 0 unspecified atom stereocenters. The normalized spacial score (nSPS) is 10.2. The van der Waals surface area contributed by atoms with Crippen molar-refractivity contribution >= 4 is 17.7 Å². The molecule has 2 aromatic carbocycles. The van der Waals surface area contributed by atoms with Crippen molar-refractivity contribution in [1.82, 2.24) is 5.32 Å². The predicted octanol–water partition coefficient (Wildman–Crippen LogP) is 3.68. The van der Waals surface area contributed by atoms with Crippen LogP contribution in [0.4, 0.5) is 0 Å². The number of hydrogen-bond acceptors (Lipinski definition) is 4. The molecular weight excluding hydrogens is 322 g/mol. The van der Waals surface area contributed by atoms with Crippen molar-refractivity contribution in [3.8, 4) is 11.5 Å². The van der Waals surface area contributed by atoms with Gasteiger partial charge in [0.05, 0.1) is 13.7 Å². The highest BCUT2D eigenvalue weighted by Gasteiger charge is 2.02. The van der Waals surface area contributed by atoms with E-state index in [0.29, 0.717) is 19.6 Å². The Labute approximate surface area is 147 Å². The van der Waals surface area contributed by atoms with E-state index in [0.717, 1.165) is 27.7 Å². The summed E-state index contributed by atoms with van der Waals surface area (Å²) < 4.78 is 10.7. The lowest BCUT2D eigenvalue weighted by molar-refractivity contribution is -0.120. The molecule has 2 rings (SSSR count). The fourth-order valence-electron chi connectivity index (χ4n) is 2.09. The highest BCUT2D eigenvalue weighted by molar-refractivity contribution is 7.99. The summed E-state index contributed by atoms with van der Waals surface area (Å²) >= 11 is 1.66. The minimum Gasteiger partial charge on any atom is -0.497 e. The Bertz CT molecular complexity index is 643. The number of benzene rings is 2. The second kappa shape index (κ2) is 9.88. The molecule has 2 aromatic rings. The Morgan fingerprint density at radius 2 is 1.92 bits per heavy atom. The maximum absolute atomic E-state index is 11.8. The molecule has 1 amide bonds. The van der Waals surface area contributed by atoms with E-state index in [9.17, 15) is 4.79 Å². The van der Waals surface area contributed by atoms with Crippen LogP contribution >= 0.6 is 11.8 Å². The molecule has 0 heterocycles. The van der Waals surface area contributed by atoms with Crippen LogP contribution in [0.2, 0.25) is 0 Å². The number of carbonyl (C=O) groups is 1. The lowest BCUT2D eigenvalue weighted by Gasteiger charge is -2.08. The molecule has 4 nitrogen and oxygen atoms in total. The largest absolute Gasteiger partial charge is 0.497 e. The van der Waals surface area contributed by atoms with Crippen LogP contribution in [0.5, 0.6) is 11.5 Å². The van der Waals surface area contributed by atoms with Crippen LogP contribution in [-0.2, 0) is 4.79 Å². The van der Waals surface area contributed by atoms with Crippen LogP contribution in [0.25, 0.3) is 0 Å². The molecule has 0 saturated heterocycles. The summed E-state index contributed by atoms with van der Waals surface area (Å²) in [6.45, 7) is 3.01. The highest BCUT2D eigenvalue weighted by Crippen LogP contribution is 2.21. The molecule has 0 aliphatic heterocycles. The average Bonchev–Trinajstić information content (AvgIpc) is 2.59. The SMILES string of the molecule is COc1ccc(SCCC(=O)NCCOc2cccc(C)c2)cc1. The lowest BCUT2D eigenvalue weighted by atomic mass is 10.2. The zero-order chi connectivity index (χ0) is 17.2. The second-order valence-corrected chi connectivity index (χ2v) is 6.46. The third kappa shape index (κ3) is 6.54. The monoisotopic (exact) mass is 345 g/mol. The van der Waals surface area contributed by atoms with Crippen molar-refractivity contribution in [2.45, 2.75) is 18.2 Å². The first-order chi connectivity index (χ1) is 11.7. The molecule has 0 aromatic heterocycles. The second-order valence-electron chi connectivity index (χ2n) is 5.29. The molecule has 0 aliphatic rings. The van der Waals surface area contributed by atoms with E-state index in [1.807, 2.05) is 55.5 Å². The molecular formula is C19H23NO3S. The summed E-state index contributed by atoms with van der Waals surface area (Å²) in [6.07, 6.45) is 0.487. The van der Waals surface area contributed by atoms with E-state index in [1.165, 1.54) is 0 Å². The molecule has 0 fully saturated rings. The van der Waals surface area contributed by atoms with Gasteiger partial charge in [-0.1, -0.05) is 12.1 Å². The van der Waals surface area contributed by atoms with Crippen molar-refractivity contribution in [1.29, 1.82) is 0 Å². The van der Waals surface area contributed by atoms with Gasteiger partial charge in [0.2, 0.25) is 5.91 Å². The van der Waals surface area contributed by atoms with Crippen LogP contribution in [0.1, 0.15) is 12.0 Å². The van der Waals surface area contributed by atoms with Gasteiger partial charge < -0.3 is 14.8 Å². The summed E-state index contributed by atoms with van der Waals surface area (Å²) in [5, 5.41) is 2.87. The molecule has 1 N–H and O–H groups in total. The van der Waals surface area contributed by atoms with Crippen molar-refractivity contribution in [2.75, 3.05) is 26.0 Å². The topological polar surface area (TPSA) is 47.6 Å². The van der Waals surface area contributed by atoms with Crippen LogP contribution in [0.3, 0.4) is 0 Å². The minimum atomic E-state index is 0.0452. The number of hydrogen-bond donors (Lipinski definition) is 1. The molecule has 5 heteroatoms. The first-order valence-electron chi connectivity index (χ1n) is 7.90. The van der Waals surface area contributed by atoms with Crippen LogP contribution in [-0.4, -0.2) is 31.9 Å². The van der Waals surface area contributed by atoms with E-state index < -0.39 is 0 Å². The van der Waals surface area contributed by atoms with Gasteiger partial charge in [-0.05, 0) is 48.9 Å². The zero-order valence-electron chi connectivity index (χ0n) is 14.1. The maximum atomic E-state index is 11.8. The Morgan fingerprint density at radius 3 is 2.62 bits per heavy atom. The predicted molar refractivity (Wildman–Crippen MR) is 98.0 cm³/mol. The van der Waals surface area contributed by atoms with Crippen molar-refractivity contribution in [3.63, 3.8) is 0 Å². The van der Waals surface area contributed by atoms with Crippen LogP contribution in [0.15, 0.2) is 53.4 Å². The number of methoxy groups -OCH3 is 1. The zero-order valence-corrected chi connectivity index (χ0v) is 14.9. The number of rotatable bonds is 9. The van der Waals surface area contributed by atoms with Gasteiger partial charge in [0, 0.05) is 17.1 Å². The van der Waals surface area contributed by atoms with Gasteiger partial charge in [-0.2, -0.15) is 0 Å². The van der Waals surface area contributed by atoms with Crippen molar-refractivity contribution < 1.29 is 14.3 Å². The van der Waals surface area contributed by atoms with Gasteiger partial charge in [-0.3, -0.25) is 4.79 Å². The molecule has 0 aliphatic carbocycles. The summed E-state index contributed by atoms with van der Waals surface area (Å²) in [5.41, 5.74) is 1.16. The molecule has 24 heavy (non-hydrogen) atoms. The van der Waals surface area contributed by atoms with E-state index in [2.05, 4.69) is 5.32 Å². The minimum absolute atomic E-state index is 0.0452. The van der Waals surface area contributed by atoms with Gasteiger partial charge >= 0.3 is 0 Å². The summed E-state index contributed by atoms with van der Waals surface area (Å²) in [4.78, 5) is 12.9. The lowest BCUT2D eigenvalue weighted by Crippen LogP contribution is -2.28. The first kappa shape index (κ1) is 18.2. The number of amides is 1. The van der Waals surface area contributed by atoms with Gasteiger partial charge in [-0.15, -0.1) is 11.8 Å². The molecule has 0 bridgehead atoms. The van der Waals surface area contributed by atoms with Crippen molar-refractivity contribution in [2.24, 2.45) is 0 Å². The fourth-order valence-corrected chi connectivity index (χ4v) is 2.94. The van der Waals surface area contributed by atoms with Crippen molar-refractivity contribution in [3.05, 3.63) is 54.1 Å². The summed E-state index contributed by atoms with van der Waals surface area (Å²) in [6, 6.07) is 15.7. The van der Waals surface area contributed by atoms with Gasteiger partial charge in [0.15, 0.2) is 0 Å². The number of ether oxygens (including phenoxy) is 2. The summed E-state index contributed by atoms with van der Waals surface area (Å²) in [5.74, 6) is 2.46. The Morgan fingerprint density at radius 1 is 1.12 bits per heavy atom. The van der Waals surface area contributed by atoms with Gasteiger partial charge in [0.1, 0.15) is 18.1 Å². The average molecular weight is 345 g/mol. The van der Waals surface area contributed by atoms with Gasteiger partial charge in [-0.25, -0.2) is 0 Å². The number of aryl methyl sites for hydroxylation is 1. The Kier molecular flexibility index (Phi) is 7.49. The molecule has 0 spiro atoms. The Hall–Kier alpha value is -2.14. The van der Waals surface area contributed by atoms with E-state index >= 15 is 0 Å². The molecule has 0 atom stereocenters.